The van der Waals surface area contributed by atoms with Gasteiger partial charge in [0.25, 0.3) is 5.91 Å². The summed E-state index contributed by atoms with van der Waals surface area (Å²) in [6.07, 6.45) is 6.97. The molecule has 1 fully saturated rings. The number of hydrogen-bond acceptors (Lipinski definition) is 4. The maximum absolute atomic E-state index is 12.9. The van der Waals surface area contributed by atoms with Crippen molar-refractivity contribution in [1.29, 1.82) is 0 Å². The van der Waals surface area contributed by atoms with Crippen LogP contribution in [0.15, 0.2) is 6.07 Å². The lowest BCUT2D eigenvalue weighted by atomic mass is 9.94. The number of amides is 1. The predicted molar refractivity (Wildman–Crippen MR) is 89.2 cm³/mol. The van der Waals surface area contributed by atoms with Gasteiger partial charge in [-0.2, -0.15) is 11.8 Å². The number of nitrogens with zero attached hydrogens (tertiary/aromatic N) is 1. The van der Waals surface area contributed by atoms with Gasteiger partial charge in [0.2, 0.25) is 0 Å². The number of thiophene rings is 1. The summed E-state index contributed by atoms with van der Waals surface area (Å²) in [4.78, 5) is 17.1. The highest BCUT2D eigenvalue weighted by atomic mass is 32.2. The van der Waals surface area contributed by atoms with E-state index in [2.05, 4.69) is 6.07 Å². The number of rotatable bonds is 4. The standard InChI is InChI=1S/C16H23NO2S2/c18-8-7-17(13-4-2-1-3-5-13)16(19)15-10-12-11-20-9-6-14(12)21-15/h10,13,18H,1-9,11H2. The van der Waals surface area contributed by atoms with Crippen LogP contribution in [0.1, 0.15) is 52.2 Å². The van der Waals surface area contributed by atoms with E-state index < -0.39 is 0 Å². The average molecular weight is 325 g/mol. The highest BCUT2D eigenvalue weighted by Gasteiger charge is 2.28. The Hall–Kier alpha value is -0.520. The molecule has 21 heavy (non-hydrogen) atoms. The van der Waals surface area contributed by atoms with E-state index in [0.717, 1.165) is 29.9 Å². The number of aliphatic hydroxyl groups is 1. The summed E-state index contributed by atoms with van der Waals surface area (Å²) in [6.45, 7) is 0.532. The van der Waals surface area contributed by atoms with Gasteiger partial charge in [-0.05, 0) is 36.6 Å². The molecule has 0 saturated heterocycles. The Morgan fingerprint density at radius 2 is 2.14 bits per heavy atom. The highest BCUT2D eigenvalue weighted by Crippen LogP contribution is 2.33. The van der Waals surface area contributed by atoms with E-state index in [1.54, 1.807) is 11.3 Å². The highest BCUT2D eigenvalue weighted by molar-refractivity contribution is 7.98. The minimum atomic E-state index is 0.0587. The maximum Gasteiger partial charge on any atom is 0.264 e. The number of aryl methyl sites for hydroxylation is 1. The third kappa shape index (κ3) is 3.46. The summed E-state index contributed by atoms with van der Waals surface area (Å²) in [5, 5.41) is 9.33. The Labute approximate surface area is 134 Å². The van der Waals surface area contributed by atoms with Gasteiger partial charge in [0.1, 0.15) is 0 Å². The van der Waals surface area contributed by atoms with Crippen molar-refractivity contribution in [3.63, 3.8) is 0 Å². The first-order valence-electron chi connectivity index (χ1n) is 7.90. The predicted octanol–water partition coefficient (Wildman–Crippen LogP) is 3.30. The van der Waals surface area contributed by atoms with Crippen molar-refractivity contribution in [1.82, 2.24) is 4.90 Å². The second-order valence-electron chi connectivity index (χ2n) is 5.88. The van der Waals surface area contributed by atoms with Gasteiger partial charge in [-0.25, -0.2) is 0 Å². The van der Waals surface area contributed by atoms with Crippen LogP contribution in [0.2, 0.25) is 0 Å². The molecule has 1 aliphatic heterocycles. The number of carbonyl (C=O) groups is 1. The monoisotopic (exact) mass is 325 g/mol. The minimum absolute atomic E-state index is 0.0587. The molecule has 116 valence electrons. The van der Waals surface area contributed by atoms with E-state index in [-0.39, 0.29) is 12.5 Å². The van der Waals surface area contributed by atoms with Crippen LogP contribution in [0, 0.1) is 0 Å². The molecule has 0 aromatic carbocycles. The van der Waals surface area contributed by atoms with Gasteiger partial charge in [-0.15, -0.1) is 11.3 Å². The Balaban J connectivity index is 1.77. The Morgan fingerprint density at radius 1 is 1.33 bits per heavy atom. The molecule has 0 atom stereocenters. The molecule has 1 N–H and O–H groups in total. The fourth-order valence-electron chi connectivity index (χ4n) is 3.34. The van der Waals surface area contributed by atoms with Crippen LogP contribution in [0.4, 0.5) is 0 Å². The Bertz CT molecular complexity index is 471. The molecule has 1 amide bonds. The fraction of sp³-hybridized carbons (Fsp3) is 0.688. The SMILES string of the molecule is O=C(c1cc2c(s1)CCSC2)N(CCO)C1CCCCC1. The van der Waals surface area contributed by atoms with Crippen molar-refractivity contribution in [2.45, 2.75) is 50.3 Å². The third-order valence-electron chi connectivity index (χ3n) is 4.46. The summed E-state index contributed by atoms with van der Waals surface area (Å²) in [6, 6.07) is 2.42. The van der Waals surface area contributed by atoms with E-state index in [4.69, 9.17) is 0 Å². The van der Waals surface area contributed by atoms with Crippen molar-refractivity contribution in [3.05, 3.63) is 21.4 Å². The van der Waals surface area contributed by atoms with Gasteiger partial charge in [0.15, 0.2) is 0 Å². The molecule has 2 aliphatic rings. The topological polar surface area (TPSA) is 40.5 Å². The first-order valence-corrected chi connectivity index (χ1v) is 9.88. The van der Waals surface area contributed by atoms with Crippen LogP contribution in [-0.4, -0.2) is 40.9 Å². The lowest BCUT2D eigenvalue weighted by molar-refractivity contribution is 0.0590. The molecule has 1 aromatic rings. The Morgan fingerprint density at radius 3 is 2.86 bits per heavy atom. The van der Waals surface area contributed by atoms with Gasteiger partial charge >= 0.3 is 0 Å². The van der Waals surface area contributed by atoms with Crippen LogP contribution >= 0.6 is 23.1 Å². The molecule has 3 rings (SSSR count). The summed E-state index contributed by atoms with van der Waals surface area (Å²) < 4.78 is 0. The molecule has 1 aromatic heterocycles. The first kappa shape index (κ1) is 15.4. The van der Waals surface area contributed by atoms with Gasteiger partial charge in [0.05, 0.1) is 11.5 Å². The van der Waals surface area contributed by atoms with Crippen LogP contribution in [-0.2, 0) is 12.2 Å². The van der Waals surface area contributed by atoms with Crippen molar-refractivity contribution < 1.29 is 9.90 Å². The third-order valence-corrected chi connectivity index (χ3v) is 6.69. The fourth-order valence-corrected chi connectivity index (χ4v) is 5.67. The van der Waals surface area contributed by atoms with Crippen LogP contribution < -0.4 is 0 Å². The second-order valence-corrected chi connectivity index (χ2v) is 8.12. The number of aliphatic hydroxyl groups excluding tert-OH is 1. The molecule has 1 aliphatic carbocycles. The first-order chi connectivity index (χ1) is 10.3. The lowest BCUT2D eigenvalue weighted by Gasteiger charge is -2.33. The van der Waals surface area contributed by atoms with E-state index >= 15 is 0 Å². The number of thioether (sulfide) groups is 1. The zero-order valence-electron chi connectivity index (χ0n) is 12.3. The van der Waals surface area contributed by atoms with E-state index in [0.29, 0.717) is 12.6 Å². The summed E-state index contributed by atoms with van der Waals surface area (Å²) >= 11 is 3.63. The van der Waals surface area contributed by atoms with Crippen LogP contribution in [0.25, 0.3) is 0 Å². The molecular weight excluding hydrogens is 302 g/mol. The van der Waals surface area contributed by atoms with Crippen molar-refractivity contribution in [2.24, 2.45) is 0 Å². The smallest absolute Gasteiger partial charge is 0.264 e. The minimum Gasteiger partial charge on any atom is -0.395 e. The van der Waals surface area contributed by atoms with Crippen molar-refractivity contribution >= 4 is 29.0 Å². The molecule has 5 heteroatoms. The van der Waals surface area contributed by atoms with Crippen molar-refractivity contribution in [2.75, 3.05) is 18.9 Å². The van der Waals surface area contributed by atoms with E-state index in [9.17, 15) is 9.90 Å². The van der Waals surface area contributed by atoms with Crippen LogP contribution in [0.5, 0.6) is 0 Å². The van der Waals surface area contributed by atoms with Gasteiger partial charge in [-0.1, -0.05) is 19.3 Å². The zero-order valence-corrected chi connectivity index (χ0v) is 14.0. The Kier molecular flexibility index (Phi) is 5.24. The van der Waals surface area contributed by atoms with Crippen LogP contribution in [0.3, 0.4) is 0 Å². The number of carbonyl (C=O) groups excluding carboxylic acids is 1. The van der Waals surface area contributed by atoms with E-state index in [1.807, 2.05) is 16.7 Å². The largest absolute Gasteiger partial charge is 0.395 e. The van der Waals surface area contributed by atoms with Crippen molar-refractivity contribution in [3.8, 4) is 0 Å². The average Bonchev–Trinajstić information content (AvgIpc) is 2.97. The summed E-state index contributed by atoms with van der Waals surface area (Å²) in [5.74, 6) is 2.35. The zero-order chi connectivity index (χ0) is 14.7. The molecule has 0 bridgehead atoms. The van der Waals surface area contributed by atoms with E-state index in [1.165, 1.54) is 35.5 Å². The molecular formula is C16H23NO2S2. The lowest BCUT2D eigenvalue weighted by Crippen LogP contribution is -2.42. The van der Waals surface area contributed by atoms with Gasteiger partial charge in [-0.3, -0.25) is 4.79 Å². The van der Waals surface area contributed by atoms with Gasteiger partial charge in [0, 0.05) is 23.2 Å². The number of hydrogen-bond donors (Lipinski definition) is 1. The molecule has 0 spiro atoms. The normalized spacial score (nSPS) is 19.3. The molecule has 0 radical (unpaired) electrons. The molecule has 1 saturated carbocycles. The molecule has 0 unspecified atom stereocenters. The quantitative estimate of drug-likeness (QED) is 0.923. The number of fused-ring (bicyclic) bond motifs is 1. The van der Waals surface area contributed by atoms with Gasteiger partial charge < -0.3 is 10.0 Å². The summed E-state index contributed by atoms with van der Waals surface area (Å²) in [7, 11) is 0. The maximum atomic E-state index is 12.9. The summed E-state index contributed by atoms with van der Waals surface area (Å²) in [5.41, 5.74) is 1.35. The molecule has 3 nitrogen and oxygen atoms in total. The second kappa shape index (κ2) is 7.16. The molecule has 2 heterocycles.